The largest absolute Gasteiger partial charge is 0.461 e. The van der Waals surface area contributed by atoms with E-state index < -0.39 is 61.3 Å². The van der Waals surface area contributed by atoms with Crippen molar-refractivity contribution in [3.8, 4) is 0 Å². The first kappa shape index (κ1) is 24.3. The fourth-order valence-electron chi connectivity index (χ4n) is 4.32. The van der Waals surface area contributed by atoms with Crippen molar-refractivity contribution in [2.75, 3.05) is 6.61 Å². The van der Waals surface area contributed by atoms with Gasteiger partial charge in [-0.2, -0.15) is 0 Å². The minimum Gasteiger partial charge on any atom is -0.461 e. The maximum atomic E-state index is 13.2. The molecule has 0 aliphatic carbocycles. The first-order chi connectivity index (χ1) is 16.5. The lowest BCUT2D eigenvalue weighted by atomic mass is 9.92. The molecule has 2 fully saturated rings. The van der Waals surface area contributed by atoms with E-state index in [0.717, 1.165) is 17.0 Å². The van der Waals surface area contributed by atoms with E-state index in [-0.39, 0.29) is 17.9 Å². The molecule has 1 amide bonds. The highest BCUT2D eigenvalue weighted by Gasteiger charge is 2.72. The van der Waals surface area contributed by atoms with Crippen molar-refractivity contribution in [3.63, 3.8) is 0 Å². The minimum absolute atomic E-state index is 0.0104. The number of nitro benzene ring substituents is 1. The monoisotopic (exact) mass is 502 g/mol. The van der Waals surface area contributed by atoms with E-state index in [1.54, 1.807) is 30.3 Å². The number of sulfone groups is 1. The molecule has 3 atom stereocenters. The zero-order chi connectivity index (χ0) is 25.5. The van der Waals surface area contributed by atoms with E-state index in [1.165, 1.54) is 26.0 Å². The molecule has 0 saturated carbocycles. The highest BCUT2D eigenvalue weighted by Crippen LogP contribution is 2.49. The Balaban J connectivity index is 1.46. The minimum atomic E-state index is -4.01. The first-order valence-electron chi connectivity index (χ1n) is 10.6. The van der Waals surface area contributed by atoms with Crippen molar-refractivity contribution in [2.45, 2.75) is 36.6 Å². The molecule has 2 aromatic carbocycles. The fraction of sp³-hybridized carbons (Fsp3) is 0.348. The number of amides is 1. The van der Waals surface area contributed by atoms with Crippen LogP contribution in [0.3, 0.4) is 0 Å². The summed E-state index contributed by atoms with van der Waals surface area (Å²) >= 11 is 0. The van der Waals surface area contributed by atoms with Crippen molar-refractivity contribution in [2.24, 2.45) is 5.92 Å². The second kappa shape index (κ2) is 8.77. The Bertz CT molecular complexity index is 1290. The fourth-order valence-corrected chi connectivity index (χ4v) is 6.61. The van der Waals surface area contributed by atoms with Gasteiger partial charge in [0.25, 0.3) is 5.69 Å². The Morgan fingerprint density at radius 3 is 2.29 bits per heavy atom. The number of rotatable bonds is 7. The van der Waals surface area contributed by atoms with Gasteiger partial charge in [0.05, 0.1) is 15.2 Å². The lowest BCUT2D eigenvalue weighted by molar-refractivity contribution is -0.384. The van der Waals surface area contributed by atoms with Gasteiger partial charge in [0.2, 0.25) is 5.91 Å². The third-order valence-corrected chi connectivity index (χ3v) is 9.21. The van der Waals surface area contributed by atoms with E-state index >= 15 is 0 Å². The summed E-state index contributed by atoms with van der Waals surface area (Å²) in [5.74, 6) is -3.50. The molecule has 2 aliphatic heterocycles. The van der Waals surface area contributed by atoms with Gasteiger partial charge in [-0.15, -0.1) is 0 Å². The number of hydrogen-bond acceptors (Lipinski definition) is 9. The number of nitro groups is 1. The average Bonchev–Trinajstić information content (AvgIpc) is 2.97. The maximum Gasteiger partial charge on any atom is 0.338 e. The van der Waals surface area contributed by atoms with Crippen molar-refractivity contribution >= 4 is 33.4 Å². The van der Waals surface area contributed by atoms with Crippen LogP contribution in [0.25, 0.3) is 0 Å². The zero-order valence-electron chi connectivity index (χ0n) is 18.8. The predicted molar refractivity (Wildman–Crippen MR) is 121 cm³/mol. The van der Waals surface area contributed by atoms with E-state index in [0.29, 0.717) is 5.56 Å². The van der Waals surface area contributed by atoms with Crippen LogP contribution in [-0.2, 0) is 35.5 Å². The maximum absolute atomic E-state index is 13.2. The van der Waals surface area contributed by atoms with Gasteiger partial charge < -0.3 is 14.4 Å². The van der Waals surface area contributed by atoms with E-state index in [2.05, 4.69) is 0 Å². The Kier molecular flexibility index (Phi) is 6.09. The molecule has 0 unspecified atom stereocenters. The highest BCUT2D eigenvalue weighted by atomic mass is 32.2. The summed E-state index contributed by atoms with van der Waals surface area (Å²) in [4.78, 5) is 49.2. The number of non-ortho nitro benzene ring substituents is 1. The number of fused-ring (bicyclic) bond motifs is 1. The van der Waals surface area contributed by atoms with Gasteiger partial charge >= 0.3 is 11.9 Å². The quantitative estimate of drug-likeness (QED) is 0.239. The molecule has 0 aromatic heterocycles. The lowest BCUT2D eigenvalue weighted by Gasteiger charge is -2.42. The normalized spacial score (nSPS) is 23.7. The van der Waals surface area contributed by atoms with Gasteiger partial charge in [-0.3, -0.25) is 14.9 Å². The average molecular weight is 503 g/mol. The third-order valence-electron chi connectivity index (χ3n) is 6.33. The van der Waals surface area contributed by atoms with Gasteiger partial charge in [0.15, 0.2) is 15.2 Å². The SMILES string of the molecule is CC1(C)[C@H](C(=O)OCc2ccccc2)N2C(=O)[C@@H](COC(=O)c3ccc([N+](=O)[O-])cc3)[C@H]2S1(=O)=O. The molecule has 2 aliphatic rings. The van der Waals surface area contributed by atoms with E-state index in [1.807, 2.05) is 0 Å². The molecule has 0 bridgehead atoms. The van der Waals surface area contributed by atoms with Crippen LogP contribution in [0.4, 0.5) is 5.69 Å². The molecule has 35 heavy (non-hydrogen) atoms. The van der Waals surface area contributed by atoms with E-state index in [4.69, 9.17) is 9.47 Å². The highest BCUT2D eigenvalue weighted by molar-refractivity contribution is 7.93. The van der Waals surface area contributed by atoms with Gasteiger partial charge in [-0.25, -0.2) is 18.0 Å². The molecular weight excluding hydrogens is 480 g/mol. The molecule has 0 radical (unpaired) electrons. The summed E-state index contributed by atoms with van der Waals surface area (Å²) in [7, 11) is -4.01. The van der Waals surface area contributed by atoms with Crippen molar-refractivity contribution in [1.82, 2.24) is 4.90 Å². The molecule has 11 nitrogen and oxygen atoms in total. The summed E-state index contributed by atoms with van der Waals surface area (Å²) < 4.78 is 35.3. The zero-order valence-corrected chi connectivity index (χ0v) is 19.6. The Labute approximate surface area is 200 Å². The third kappa shape index (κ3) is 4.03. The summed E-state index contributed by atoms with van der Waals surface area (Å²) in [5.41, 5.74) is 0.508. The summed E-state index contributed by atoms with van der Waals surface area (Å²) in [5, 5.41) is 9.41. The number of esters is 2. The second-order valence-electron chi connectivity index (χ2n) is 8.79. The Morgan fingerprint density at radius 1 is 1.06 bits per heavy atom. The number of carbonyl (C=O) groups is 3. The van der Waals surface area contributed by atoms with Gasteiger partial charge in [-0.05, 0) is 31.5 Å². The summed E-state index contributed by atoms with van der Waals surface area (Å²) in [6.07, 6.45) is 0. The number of ether oxygens (including phenoxy) is 2. The van der Waals surface area contributed by atoms with Gasteiger partial charge in [-0.1, -0.05) is 30.3 Å². The van der Waals surface area contributed by atoms with Crippen LogP contribution in [0.2, 0.25) is 0 Å². The van der Waals surface area contributed by atoms with Crippen molar-refractivity contribution < 1.29 is 37.2 Å². The molecule has 12 heteroatoms. The predicted octanol–water partition coefficient (Wildman–Crippen LogP) is 1.86. The molecule has 0 N–H and O–H groups in total. The van der Waals surface area contributed by atoms with Crippen LogP contribution in [0.1, 0.15) is 29.8 Å². The van der Waals surface area contributed by atoms with Crippen LogP contribution < -0.4 is 0 Å². The van der Waals surface area contributed by atoms with E-state index in [9.17, 15) is 32.9 Å². The van der Waals surface area contributed by atoms with Crippen molar-refractivity contribution in [3.05, 3.63) is 75.8 Å². The molecule has 2 heterocycles. The second-order valence-corrected chi connectivity index (χ2v) is 11.4. The molecule has 2 aromatic rings. The number of nitrogens with zero attached hydrogens (tertiary/aromatic N) is 2. The first-order valence-corrected chi connectivity index (χ1v) is 12.2. The van der Waals surface area contributed by atoms with Crippen LogP contribution in [0, 0.1) is 16.0 Å². The number of β-lactam (4-membered cyclic amide) rings is 1. The molecule has 4 rings (SSSR count). The molecule has 184 valence electrons. The van der Waals surface area contributed by atoms with Crippen molar-refractivity contribution in [1.29, 1.82) is 0 Å². The smallest absolute Gasteiger partial charge is 0.338 e. The lowest BCUT2D eigenvalue weighted by Crippen LogP contribution is -2.64. The summed E-state index contributed by atoms with van der Waals surface area (Å²) in [6, 6.07) is 12.1. The topological polar surface area (TPSA) is 150 Å². The summed E-state index contributed by atoms with van der Waals surface area (Å²) in [6.45, 7) is 2.14. The Hall–Kier alpha value is -3.80. The number of benzene rings is 2. The standard InChI is InChI=1S/C23H22N2O9S/c1-23(2)18(22(28)33-12-14-6-4-3-5-7-14)24-19(26)17(20(24)35(23,31)32)13-34-21(27)15-8-10-16(11-9-15)25(29)30/h3-11,17-18,20H,12-13H2,1-2H3/t17-,18+,20-/m1/s1. The van der Waals surface area contributed by atoms with Crippen LogP contribution in [-0.4, -0.2) is 58.9 Å². The van der Waals surface area contributed by atoms with Gasteiger partial charge in [0, 0.05) is 12.1 Å². The van der Waals surface area contributed by atoms with Crippen LogP contribution in [0.5, 0.6) is 0 Å². The van der Waals surface area contributed by atoms with Gasteiger partial charge in [0.1, 0.15) is 25.2 Å². The molecular formula is C23H22N2O9S. The number of carbonyl (C=O) groups excluding carboxylic acids is 3. The number of hydrogen-bond donors (Lipinski definition) is 0. The van der Waals surface area contributed by atoms with Crippen LogP contribution >= 0.6 is 0 Å². The Morgan fingerprint density at radius 2 is 1.69 bits per heavy atom. The molecule has 0 spiro atoms. The van der Waals surface area contributed by atoms with Crippen LogP contribution in [0.15, 0.2) is 54.6 Å². The molecule has 2 saturated heterocycles.